The summed E-state index contributed by atoms with van der Waals surface area (Å²) >= 11 is 0.714. The van der Waals surface area contributed by atoms with E-state index in [1.54, 1.807) is 6.07 Å². The first kappa shape index (κ1) is 21.9. The molecule has 1 heterocycles. The third-order valence-electron chi connectivity index (χ3n) is 4.27. The Morgan fingerprint density at radius 3 is 2.48 bits per heavy atom. The topological polar surface area (TPSA) is 122 Å². The second-order valence-corrected chi connectivity index (χ2v) is 7.31. The number of benzene rings is 2. The summed E-state index contributed by atoms with van der Waals surface area (Å²) in [7, 11) is 2.66. The van der Waals surface area contributed by atoms with Crippen LogP contribution >= 0.6 is 11.8 Å². The molecule has 0 aromatic heterocycles. The average Bonchev–Trinajstić information content (AvgIpc) is 3.02. The number of phenols is 1. The van der Waals surface area contributed by atoms with Gasteiger partial charge in [-0.15, -0.1) is 0 Å². The highest BCUT2D eigenvalue weighted by Crippen LogP contribution is 2.34. The van der Waals surface area contributed by atoms with E-state index in [1.807, 2.05) is 0 Å². The summed E-state index contributed by atoms with van der Waals surface area (Å²) in [6, 6.07) is 10.5. The minimum Gasteiger partial charge on any atom is -0.504 e. The van der Waals surface area contributed by atoms with Gasteiger partial charge >= 0.3 is 5.97 Å². The number of hydrogen-bond acceptors (Lipinski definition) is 8. The number of carbonyl (C=O) groups is 4. The maximum Gasteiger partial charge on any atom is 0.337 e. The summed E-state index contributed by atoms with van der Waals surface area (Å²) in [6.45, 7) is -0.459. The van der Waals surface area contributed by atoms with Crippen LogP contribution in [-0.2, 0) is 14.3 Å². The number of esters is 1. The number of nitrogens with one attached hydrogen (secondary N) is 1. The van der Waals surface area contributed by atoms with Gasteiger partial charge in [0.2, 0.25) is 5.91 Å². The molecule has 3 rings (SSSR count). The van der Waals surface area contributed by atoms with Gasteiger partial charge in [-0.05, 0) is 59.8 Å². The molecule has 1 saturated heterocycles. The van der Waals surface area contributed by atoms with Crippen molar-refractivity contribution in [1.29, 1.82) is 0 Å². The van der Waals surface area contributed by atoms with E-state index in [-0.39, 0.29) is 16.4 Å². The Kier molecular flexibility index (Phi) is 6.61. The number of thioether (sulfide) groups is 1. The van der Waals surface area contributed by atoms with Crippen LogP contribution in [0.5, 0.6) is 11.5 Å². The van der Waals surface area contributed by atoms with Crippen LogP contribution < -0.4 is 10.1 Å². The third-order valence-corrected chi connectivity index (χ3v) is 5.17. The van der Waals surface area contributed by atoms with Crippen LogP contribution in [0.2, 0.25) is 0 Å². The predicted molar refractivity (Wildman–Crippen MR) is 114 cm³/mol. The van der Waals surface area contributed by atoms with Gasteiger partial charge in [0.05, 0.1) is 24.7 Å². The fourth-order valence-corrected chi connectivity index (χ4v) is 3.56. The van der Waals surface area contributed by atoms with Crippen molar-refractivity contribution in [2.75, 3.05) is 26.1 Å². The highest BCUT2D eigenvalue weighted by molar-refractivity contribution is 8.18. The van der Waals surface area contributed by atoms with Crippen LogP contribution in [-0.4, -0.2) is 53.8 Å². The predicted octanol–water partition coefficient (Wildman–Crippen LogP) is 2.86. The lowest BCUT2D eigenvalue weighted by atomic mass is 10.2. The molecule has 2 aromatic rings. The summed E-state index contributed by atoms with van der Waals surface area (Å²) in [4.78, 5) is 49.6. The molecule has 3 amide bonds. The Hall–Kier alpha value is -3.79. The number of methoxy groups -OCH3 is 2. The van der Waals surface area contributed by atoms with Crippen molar-refractivity contribution < 1.29 is 33.8 Å². The van der Waals surface area contributed by atoms with E-state index < -0.39 is 29.6 Å². The van der Waals surface area contributed by atoms with E-state index in [0.717, 1.165) is 4.90 Å². The monoisotopic (exact) mass is 442 g/mol. The standard InChI is InChI=1S/C21H18N2O7S/c1-29-16-9-12(3-8-15(16)24)10-17-19(26)23(21(28)31-17)11-18(25)22-14-6-4-13(5-7-14)20(27)30-2/h3-10,24H,11H2,1-2H3,(H,22,25)/b17-10-. The highest BCUT2D eigenvalue weighted by atomic mass is 32.2. The highest BCUT2D eigenvalue weighted by Gasteiger charge is 2.36. The number of nitrogens with zero attached hydrogens (tertiary/aromatic N) is 1. The lowest BCUT2D eigenvalue weighted by molar-refractivity contribution is -0.127. The number of rotatable bonds is 6. The van der Waals surface area contributed by atoms with Crippen LogP contribution in [0.15, 0.2) is 47.4 Å². The zero-order chi connectivity index (χ0) is 22.5. The lowest BCUT2D eigenvalue weighted by Crippen LogP contribution is -2.36. The molecule has 9 nitrogen and oxygen atoms in total. The number of amides is 3. The molecule has 0 bridgehead atoms. The Morgan fingerprint density at radius 2 is 1.84 bits per heavy atom. The molecule has 160 valence electrons. The van der Waals surface area contributed by atoms with Crippen molar-refractivity contribution >= 4 is 46.5 Å². The zero-order valence-electron chi connectivity index (χ0n) is 16.6. The number of aromatic hydroxyl groups is 1. The van der Waals surface area contributed by atoms with Crippen molar-refractivity contribution in [1.82, 2.24) is 4.90 Å². The van der Waals surface area contributed by atoms with E-state index in [1.165, 1.54) is 56.7 Å². The fourth-order valence-electron chi connectivity index (χ4n) is 2.72. The zero-order valence-corrected chi connectivity index (χ0v) is 17.4. The maximum atomic E-state index is 12.6. The number of hydrogen-bond donors (Lipinski definition) is 2. The van der Waals surface area contributed by atoms with Crippen molar-refractivity contribution in [2.45, 2.75) is 0 Å². The molecule has 2 aromatic carbocycles. The largest absolute Gasteiger partial charge is 0.504 e. The van der Waals surface area contributed by atoms with E-state index in [2.05, 4.69) is 10.1 Å². The Labute approximate surface area is 181 Å². The third kappa shape index (κ3) is 5.04. The summed E-state index contributed by atoms with van der Waals surface area (Å²) in [5.41, 5.74) is 1.27. The molecular weight excluding hydrogens is 424 g/mol. The maximum absolute atomic E-state index is 12.6. The lowest BCUT2D eigenvalue weighted by Gasteiger charge is -2.12. The molecule has 1 aliphatic heterocycles. The second kappa shape index (κ2) is 9.35. The van der Waals surface area contributed by atoms with Gasteiger partial charge in [0.1, 0.15) is 6.54 Å². The van der Waals surface area contributed by atoms with E-state index in [0.29, 0.717) is 28.6 Å². The van der Waals surface area contributed by atoms with Gasteiger partial charge in [0, 0.05) is 5.69 Å². The van der Waals surface area contributed by atoms with Gasteiger partial charge in [-0.25, -0.2) is 4.79 Å². The molecule has 0 spiro atoms. The number of ether oxygens (including phenoxy) is 2. The van der Waals surface area contributed by atoms with Crippen molar-refractivity contribution in [3.63, 3.8) is 0 Å². The first-order valence-corrected chi connectivity index (χ1v) is 9.74. The Balaban J connectivity index is 1.67. The van der Waals surface area contributed by atoms with Gasteiger partial charge in [-0.2, -0.15) is 0 Å². The summed E-state index contributed by atoms with van der Waals surface area (Å²) < 4.78 is 9.63. The molecular formula is C21H18N2O7S. The molecule has 0 saturated carbocycles. The number of phenolic OH excluding ortho intramolecular Hbond substituents is 1. The number of carbonyl (C=O) groups excluding carboxylic acids is 4. The van der Waals surface area contributed by atoms with E-state index >= 15 is 0 Å². The van der Waals surface area contributed by atoms with Gasteiger partial charge in [-0.1, -0.05) is 6.07 Å². The van der Waals surface area contributed by atoms with Crippen LogP contribution in [0.4, 0.5) is 10.5 Å². The molecule has 0 unspecified atom stereocenters. The molecule has 10 heteroatoms. The van der Waals surface area contributed by atoms with Crippen molar-refractivity contribution in [3.8, 4) is 11.5 Å². The molecule has 0 aliphatic carbocycles. The van der Waals surface area contributed by atoms with E-state index in [9.17, 15) is 24.3 Å². The van der Waals surface area contributed by atoms with Gasteiger partial charge in [0.25, 0.3) is 11.1 Å². The van der Waals surface area contributed by atoms with Crippen LogP contribution in [0.1, 0.15) is 15.9 Å². The average molecular weight is 442 g/mol. The smallest absolute Gasteiger partial charge is 0.337 e. The number of imide groups is 1. The fraction of sp³-hybridized carbons (Fsp3) is 0.143. The molecule has 31 heavy (non-hydrogen) atoms. The summed E-state index contributed by atoms with van der Waals surface area (Å²) in [5.74, 6) is -1.50. The van der Waals surface area contributed by atoms with Gasteiger partial charge in [0.15, 0.2) is 11.5 Å². The number of anilines is 1. The Morgan fingerprint density at radius 1 is 1.13 bits per heavy atom. The molecule has 2 N–H and O–H groups in total. The normalized spacial score (nSPS) is 14.6. The minimum atomic E-state index is -0.599. The molecule has 1 aliphatic rings. The van der Waals surface area contributed by atoms with Crippen LogP contribution in [0, 0.1) is 0 Å². The van der Waals surface area contributed by atoms with Gasteiger partial charge < -0.3 is 19.9 Å². The first-order chi connectivity index (χ1) is 14.8. The summed E-state index contributed by atoms with van der Waals surface area (Å²) in [5, 5.41) is 11.7. The molecule has 0 radical (unpaired) electrons. The minimum absolute atomic E-state index is 0.0518. The second-order valence-electron chi connectivity index (χ2n) is 6.32. The molecule has 1 fully saturated rings. The van der Waals surface area contributed by atoms with Gasteiger partial charge in [-0.3, -0.25) is 19.3 Å². The SMILES string of the molecule is COC(=O)c1ccc(NC(=O)CN2C(=O)S/C(=C\c3ccc(O)c(OC)c3)C2=O)cc1. The van der Waals surface area contributed by atoms with Crippen LogP contribution in [0.3, 0.4) is 0 Å². The Bertz CT molecular complexity index is 1080. The van der Waals surface area contributed by atoms with E-state index in [4.69, 9.17) is 4.74 Å². The summed E-state index contributed by atoms with van der Waals surface area (Å²) in [6.07, 6.45) is 1.48. The quantitative estimate of drug-likeness (QED) is 0.517. The van der Waals surface area contributed by atoms with Crippen molar-refractivity contribution in [3.05, 3.63) is 58.5 Å². The first-order valence-electron chi connectivity index (χ1n) is 8.93. The van der Waals surface area contributed by atoms with Crippen LogP contribution in [0.25, 0.3) is 6.08 Å². The van der Waals surface area contributed by atoms with Crippen molar-refractivity contribution in [2.24, 2.45) is 0 Å². The molecule has 0 atom stereocenters.